The summed E-state index contributed by atoms with van der Waals surface area (Å²) in [6, 6.07) is 17.6. The van der Waals surface area contributed by atoms with Gasteiger partial charge in [0, 0.05) is 49.9 Å². The minimum atomic E-state index is -0.0324. The number of hydrogen-bond acceptors (Lipinski definition) is 3. The maximum Gasteiger partial charge on any atom is 0.253 e. The van der Waals surface area contributed by atoms with Crippen LogP contribution in [0.25, 0.3) is 5.69 Å². The average Bonchev–Trinajstić information content (AvgIpc) is 3.31. The lowest BCUT2D eigenvalue weighted by atomic mass is 10.1. The summed E-state index contributed by atoms with van der Waals surface area (Å²) < 4.78 is 1.93. The zero-order valence-electron chi connectivity index (χ0n) is 18.3. The van der Waals surface area contributed by atoms with Crippen LogP contribution in [0.2, 0.25) is 0 Å². The maximum atomic E-state index is 13.0. The molecule has 2 heterocycles. The van der Waals surface area contributed by atoms with Crippen molar-refractivity contribution in [3.8, 4) is 5.69 Å². The Kier molecular flexibility index (Phi) is 5.89. The second-order valence-corrected chi connectivity index (χ2v) is 8.17. The first-order valence-electron chi connectivity index (χ1n) is 10.7. The van der Waals surface area contributed by atoms with Gasteiger partial charge in [0.25, 0.3) is 5.91 Å². The van der Waals surface area contributed by atoms with Crippen LogP contribution in [0.4, 0.5) is 0 Å². The highest BCUT2D eigenvalue weighted by Gasteiger charge is 2.21. The number of para-hydroxylation sites is 1. The Morgan fingerprint density at radius 2 is 1.77 bits per heavy atom. The Labute approximate surface area is 183 Å². The fourth-order valence-electron chi connectivity index (χ4n) is 4.10. The highest BCUT2D eigenvalue weighted by Crippen LogP contribution is 2.20. The van der Waals surface area contributed by atoms with E-state index in [9.17, 15) is 9.59 Å². The lowest BCUT2D eigenvalue weighted by Gasteiger charge is -2.19. The van der Waals surface area contributed by atoms with E-state index < -0.39 is 0 Å². The Hall–Kier alpha value is -3.41. The van der Waals surface area contributed by atoms with E-state index in [1.807, 2.05) is 85.1 Å². The zero-order chi connectivity index (χ0) is 22.0. The molecule has 4 rings (SSSR count). The molecule has 160 valence electrons. The van der Waals surface area contributed by atoms with Crippen LogP contribution in [0.3, 0.4) is 0 Å². The van der Waals surface area contributed by atoms with Crippen molar-refractivity contribution in [3.63, 3.8) is 0 Å². The highest BCUT2D eigenvalue weighted by atomic mass is 16.2. The number of benzene rings is 2. The summed E-state index contributed by atoms with van der Waals surface area (Å²) in [7, 11) is 1.82. The number of carbonyl (C=O) groups excluding carboxylic acids is 2. The van der Waals surface area contributed by atoms with Gasteiger partial charge in [-0.05, 0) is 50.1 Å². The fraction of sp³-hybridized carbons (Fsp3) is 0.320. The second-order valence-electron chi connectivity index (χ2n) is 8.17. The van der Waals surface area contributed by atoms with Gasteiger partial charge in [0.1, 0.15) is 0 Å². The van der Waals surface area contributed by atoms with Crippen LogP contribution in [-0.4, -0.2) is 45.0 Å². The first-order chi connectivity index (χ1) is 14.9. The van der Waals surface area contributed by atoms with Gasteiger partial charge in [-0.2, -0.15) is 5.10 Å². The van der Waals surface area contributed by atoms with Crippen molar-refractivity contribution in [3.05, 3.63) is 82.7 Å². The van der Waals surface area contributed by atoms with Crippen molar-refractivity contribution in [2.75, 3.05) is 13.6 Å². The lowest BCUT2D eigenvalue weighted by Crippen LogP contribution is -2.27. The molecule has 0 saturated carbocycles. The van der Waals surface area contributed by atoms with Crippen LogP contribution in [0.15, 0.2) is 54.6 Å². The van der Waals surface area contributed by atoms with E-state index in [2.05, 4.69) is 5.10 Å². The van der Waals surface area contributed by atoms with Crippen LogP contribution in [0.1, 0.15) is 45.7 Å². The Morgan fingerprint density at radius 1 is 1.06 bits per heavy atom. The molecule has 1 aromatic heterocycles. The summed E-state index contributed by atoms with van der Waals surface area (Å²) in [6.07, 6.45) is 1.57. The van der Waals surface area contributed by atoms with Gasteiger partial charge in [-0.15, -0.1) is 0 Å². The van der Waals surface area contributed by atoms with E-state index in [1.165, 1.54) is 0 Å². The molecule has 0 atom stereocenters. The van der Waals surface area contributed by atoms with E-state index in [0.29, 0.717) is 25.1 Å². The smallest absolute Gasteiger partial charge is 0.253 e. The average molecular weight is 417 g/mol. The number of likely N-dealkylation sites (tertiary alicyclic amines) is 1. The van der Waals surface area contributed by atoms with E-state index in [0.717, 1.165) is 41.2 Å². The van der Waals surface area contributed by atoms with Gasteiger partial charge >= 0.3 is 0 Å². The topological polar surface area (TPSA) is 58.4 Å². The maximum absolute atomic E-state index is 13.0. The monoisotopic (exact) mass is 416 g/mol. The van der Waals surface area contributed by atoms with Crippen LogP contribution in [-0.2, 0) is 17.9 Å². The van der Waals surface area contributed by atoms with E-state index >= 15 is 0 Å². The summed E-state index contributed by atoms with van der Waals surface area (Å²) in [5, 5.41) is 4.68. The number of aromatic nitrogens is 2. The Balaban J connectivity index is 1.45. The molecular formula is C25H28N4O2. The van der Waals surface area contributed by atoms with Gasteiger partial charge in [-0.1, -0.05) is 30.3 Å². The Morgan fingerprint density at radius 3 is 2.42 bits per heavy atom. The molecule has 6 heteroatoms. The van der Waals surface area contributed by atoms with E-state index in [4.69, 9.17) is 0 Å². The number of hydrogen-bond donors (Lipinski definition) is 0. The molecule has 0 spiro atoms. The third-order valence-corrected chi connectivity index (χ3v) is 5.93. The standard InChI is InChI=1S/C25H28N4O2/c1-18-23(19(2)29(26-18)22-8-5-4-6-9-22)17-27(3)25(31)21-13-11-20(12-14-21)16-28-15-7-10-24(28)30/h4-6,8-9,11-14H,7,10,15-17H2,1-3H3. The summed E-state index contributed by atoms with van der Waals surface area (Å²) in [6.45, 7) is 5.94. The predicted molar refractivity (Wildman–Crippen MR) is 120 cm³/mol. The largest absolute Gasteiger partial charge is 0.338 e. The normalized spacial score (nSPS) is 13.6. The number of nitrogens with zero attached hydrogens (tertiary/aromatic N) is 4. The molecule has 1 aliphatic rings. The molecule has 0 radical (unpaired) electrons. The molecule has 1 fully saturated rings. The molecule has 0 bridgehead atoms. The van der Waals surface area contributed by atoms with Gasteiger partial charge in [0.2, 0.25) is 5.91 Å². The SMILES string of the molecule is Cc1nn(-c2ccccc2)c(C)c1CN(C)C(=O)c1ccc(CN2CCCC2=O)cc1. The summed E-state index contributed by atoms with van der Waals surface area (Å²) >= 11 is 0. The van der Waals surface area contributed by atoms with Gasteiger partial charge < -0.3 is 9.80 Å². The van der Waals surface area contributed by atoms with Gasteiger partial charge in [-0.25, -0.2) is 4.68 Å². The zero-order valence-corrected chi connectivity index (χ0v) is 18.3. The molecule has 6 nitrogen and oxygen atoms in total. The lowest BCUT2D eigenvalue weighted by molar-refractivity contribution is -0.128. The molecule has 1 aliphatic heterocycles. The fourth-order valence-corrected chi connectivity index (χ4v) is 4.10. The third-order valence-electron chi connectivity index (χ3n) is 5.93. The van der Waals surface area contributed by atoms with Gasteiger partial charge in [0.15, 0.2) is 0 Å². The van der Waals surface area contributed by atoms with Crippen LogP contribution >= 0.6 is 0 Å². The van der Waals surface area contributed by atoms with Crippen LogP contribution < -0.4 is 0 Å². The summed E-state index contributed by atoms with van der Waals surface area (Å²) in [5.41, 5.74) is 5.72. The quantitative estimate of drug-likeness (QED) is 0.613. The molecule has 0 unspecified atom stereocenters. The first kappa shape index (κ1) is 20.8. The molecule has 0 N–H and O–H groups in total. The van der Waals surface area contributed by atoms with Crippen molar-refractivity contribution in [2.45, 2.75) is 39.8 Å². The number of aryl methyl sites for hydroxylation is 1. The summed E-state index contributed by atoms with van der Waals surface area (Å²) in [4.78, 5) is 28.4. The molecule has 31 heavy (non-hydrogen) atoms. The van der Waals surface area contributed by atoms with E-state index in [-0.39, 0.29) is 11.8 Å². The summed E-state index contributed by atoms with van der Waals surface area (Å²) in [5.74, 6) is 0.178. The highest BCUT2D eigenvalue weighted by molar-refractivity contribution is 5.94. The molecule has 3 aromatic rings. The van der Waals surface area contributed by atoms with Crippen molar-refractivity contribution in [1.82, 2.24) is 19.6 Å². The van der Waals surface area contributed by atoms with Crippen LogP contribution in [0.5, 0.6) is 0 Å². The van der Waals surface area contributed by atoms with Crippen molar-refractivity contribution >= 4 is 11.8 Å². The molecule has 2 amide bonds. The van der Waals surface area contributed by atoms with E-state index in [1.54, 1.807) is 4.90 Å². The molecule has 2 aromatic carbocycles. The minimum absolute atomic E-state index is 0.0324. The molecule has 1 saturated heterocycles. The minimum Gasteiger partial charge on any atom is -0.338 e. The van der Waals surface area contributed by atoms with Crippen molar-refractivity contribution in [2.24, 2.45) is 0 Å². The number of carbonyl (C=O) groups is 2. The third kappa shape index (κ3) is 4.38. The second kappa shape index (κ2) is 8.76. The number of rotatable bonds is 6. The van der Waals surface area contributed by atoms with Crippen molar-refractivity contribution < 1.29 is 9.59 Å². The number of amides is 2. The first-order valence-corrected chi connectivity index (χ1v) is 10.7. The van der Waals surface area contributed by atoms with Gasteiger partial charge in [-0.3, -0.25) is 9.59 Å². The predicted octanol–water partition coefficient (Wildman–Crippen LogP) is 3.88. The Bertz CT molecular complexity index is 1090. The van der Waals surface area contributed by atoms with Crippen molar-refractivity contribution in [1.29, 1.82) is 0 Å². The molecule has 0 aliphatic carbocycles. The van der Waals surface area contributed by atoms with Gasteiger partial charge in [0.05, 0.1) is 11.4 Å². The molecular weight excluding hydrogens is 388 g/mol. The van der Waals surface area contributed by atoms with Crippen LogP contribution in [0, 0.1) is 13.8 Å².